The van der Waals surface area contributed by atoms with Crippen molar-refractivity contribution in [3.63, 3.8) is 0 Å². The first kappa shape index (κ1) is 30.2. The zero-order valence-electron chi connectivity index (χ0n) is 27.7. The monoisotopic (exact) mass is 638 g/mol. The van der Waals surface area contributed by atoms with Crippen molar-refractivity contribution < 1.29 is 20.1 Å². The number of unbranched alkanes of at least 4 members (excludes halogenated alkanes) is 3. The van der Waals surface area contributed by atoms with Gasteiger partial charge in [0.2, 0.25) is 0 Å². The Kier molecular flexibility index (Phi) is 8.26. The maximum atomic E-state index is 5.50. The lowest BCUT2D eigenvalue weighted by Gasteiger charge is -2.09. The molecule has 4 aromatic carbocycles. The molecule has 4 heterocycles. The molecule has 0 saturated heterocycles. The molecule has 48 heavy (non-hydrogen) atoms. The van der Waals surface area contributed by atoms with Gasteiger partial charge >= 0.3 is 0 Å². The van der Waals surface area contributed by atoms with Crippen molar-refractivity contribution in [2.45, 2.75) is 39.0 Å². The van der Waals surface area contributed by atoms with Crippen LogP contribution in [0.5, 0.6) is 11.5 Å². The van der Waals surface area contributed by atoms with Gasteiger partial charge in [0.15, 0.2) is 13.3 Å². The molecule has 0 aliphatic carbocycles. The van der Waals surface area contributed by atoms with Crippen LogP contribution >= 0.6 is 0 Å². The van der Waals surface area contributed by atoms with Gasteiger partial charge in [-0.3, -0.25) is 0 Å². The quantitative estimate of drug-likeness (QED) is 0.145. The van der Waals surface area contributed by atoms with Crippen LogP contribution in [-0.4, -0.2) is 46.4 Å². The third-order valence-electron chi connectivity index (χ3n) is 9.67. The number of quaternary nitrogens is 2. The molecule has 0 amide bonds. The zero-order chi connectivity index (χ0) is 32.5. The number of hydrogen-bond donors (Lipinski definition) is 2. The van der Waals surface area contributed by atoms with Crippen LogP contribution in [0.3, 0.4) is 0 Å². The molecule has 0 atom stereocenters. The first-order valence-corrected chi connectivity index (χ1v) is 17.0. The topological polar surface area (TPSA) is 87.3 Å². The summed E-state index contributed by atoms with van der Waals surface area (Å²) in [5.74, 6) is 1.72. The maximum absolute atomic E-state index is 5.50. The minimum atomic E-state index is 0.862. The fourth-order valence-corrected chi connectivity index (χ4v) is 7.12. The van der Waals surface area contributed by atoms with Crippen LogP contribution in [0.25, 0.3) is 65.2 Å². The molecule has 8 aromatic rings. The van der Waals surface area contributed by atoms with E-state index in [1.807, 2.05) is 24.3 Å². The van der Waals surface area contributed by atoms with Crippen molar-refractivity contribution in [1.29, 1.82) is 0 Å². The summed E-state index contributed by atoms with van der Waals surface area (Å²) in [6, 6.07) is 25.3. The molecule has 4 N–H and O–H groups in total. The van der Waals surface area contributed by atoms with Gasteiger partial charge in [0.05, 0.1) is 49.4 Å². The summed E-state index contributed by atoms with van der Waals surface area (Å²) in [6.07, 6.45) is 13.9. The highest BCUT2D eigenvalue weighted by atomic mass is 16.5. The number of nitrogens with zero attached hydrogens (tertiary/aromatic N) is 4. The Hall–Kier alpha value is -5.18. The van der Waals surface area contributed by atoms with E-state index in [1.165, 1.54) is 58.0 Å². The summed E-state index contributed by atoms with van der Waals surface area (Å²) in [6.45, 7) is 4.09. The van der Waals surface area contributed by atoms with E-state index in [4.69, 9.17) is 19.4 Å². The van der Waals surface area contributed by atoms with Gasteiger partial charge in [-0.15, -0.1) is 0 Å². The Morgan fingerprint density at radius 2 is 0.979 bits per heavy atom. The van der Waals surface area contributed by atoms with Gasteiger partial charge in [0.1, 0.15) is 11.5 Å². The predicted octanol–water partition coefficient (Wildman–Crippen LogP) is 6.32. The number of pyridine rings is 2. The van der Waals surface area contributed by atoms with Crippen LogP contribution in [0.2, 0.25) is 0 Å². The number of benzene rings is 4. The summed E-state index contributed by atoms with van der Waals surface area (Å²) in [5, 5.41) is 14.5. The second-order valence-corrected chi connectivity index (χ2v) is 12.8. The molecule has 0 fully saturated rings. The maximum Gasteiger partial charge on any atom is 0.154 e. The van der Waals surface area contributed by atoms with Crippen LogP contribution in [0.4, 0.5) is 0 Å². The summed E-state index contributed by atoms with van der Waals surface area (Å²) in [5.41, 5.74) is 4.09. The highest BCUT2D eigenvalue weighted by molar-refractivity contribution is 6.21. The Balaban J connectivity index is 0.810. The van der Waals surface area contributed by atoms with E-state index in [0.29, 0.717) is 0 Å². The van der Waals surface area contributed by atoms with Crippen LogP contribution in [0.15, 0.2) is 97.6 Å². The highest BCUT2D eigenvalue weighted by Gasteiger charge is 2.13. The Morgan fingerprint density at radius 3 is 1.44 bits per heavy atom. The molecule has 0 spiro atoms. The molecule has 0 aliphatic rings. The lowest BCUT2D eigenvalue weighted by Crippen LogP contribution is -2.84. The zero-order valence-corrected chi connectivity index (χ0v) is 27.7. The van der Waals surface area contributed by atoms with E-state index in [2.05, 4.69) is 93.1 Å². The lowest BCUT2D eigenvalue weighted by atomic mass is 10.1. The number of aromatic nitrogens is 4. The van der Waals surface area contributed by atoms with Gasteiger partial charge in [0, 0.05) is 57.1 Å². The third-order valence-corrected chi connectivity index (χ3v) is 9.67. The summed E-state index contributed by atoms with van der Waals surface area (Å²) < 4.78 is 15.6. The number of rotatable bonds is 13. The van der Waals surface area contributed by atoms with E-state index in [-0.39, 0.29) is 0 Å². The van der Waals surface area contributed by atoms with Crippen molar-refractivity contribution in [2.75, 3.05) is 27.3 Å². The van der Waals surface area contributed by atoms with Crippen molar-refractivity contribution in [1.82, 2.24) is 19.1 Å². The molecule has 0 bridgehead atoms. The third kappa shape index (κ3) is 5.78. The number of ether oxygens (including phenoxy) is 2. The minimum Gasteiger partial charge on any atom is -0.497 e. The fourth-order valence-electron chi connectivity index (χ4n) is 7.12. The normalized spacial score (nSPS) is 12.0. The van der Waals surface area contributed by atoms with Gasteiger partial charge in [-0.25, -0.2) is 9.97 Å². The van der Waals surface area contributed by atoms with Crippen molar-refractivity contribution in [3.05, 3.63) is 97.6 Å². The van der Waals surface area contributed by atoms with Crippen LogP contribution in [0, 0.1) is 0 Å². The number of methoxy groups -OCH3 is 2. The van der Waals surface area contributed by atoms with Gasteiger partial charge in [-0.05, 0) is 97.1 Å². The first-order chi connectivity index (χ1) is 23.7. The fraction of sp³-hybridized carbons (Fsp3) is 0.250. The molecule has 0 saturated carbocycles. The summed E-state index contributed by atoms with van der Waals surface area (Å²) in [4.78, 5) is 9.72. The second kappa shape index (κ2) is 13.1. The molecule has 4 aromatic heterocycles. The Labute approximate surface area is 279 Å². The van der Waals surface area contributed by atoms with Crippen LogP contribution < -0.4 is 20.1 Å². The number of fused-ring (bicyclic) bond motifs is 10. The number of nitrogens with two attached hydrogens (primary N) is 2. The van der Waals surface area contributed by atoms with Crippen molar-refractivity contribution >= 4 is 65.2 Å². The van der Waals surface area contributed by atoms with Crippen LogP contribution in [-0.2, 0) is 13.3 Å². The molecular formula is C40H42N6O2+2. The van der Waals surface area contributed by atoms with E-state index in [1.54, 1.807) is 14.2 Å². The molecule has 0 aliphatic heterocycles. The SMILES string of the molecule is COc1ccc2nc3ccc4ccn(C[NH2+]CCCCCC[NH2+]Cn5ccc6ccc7nc8ccc(OC)cc8c7c6c5)cc4c3c2c1. The Morgan fingerprint density at radius 1 is 0.521 bits per heavy atom. The first-order valence-electron chi connectivity index (χ1n) is 17.0. The Bertz CT molecular complexity index is 2240. The predicted molar refractivity (Wildman–Crippen MR) is 195 cm³/mol. The van der Waals surface area contributed by atoms with E-state index >= 15 is 0 Å². The smallest absolute Gasteiger partial charge is 0.154 e. The molecule has 242 valence electrons. The molecule has 8 rings (SSSR count). The highest BCUT2D eigenvalue weighted by Crippen LogP contribution is 2.35. The van der Waals surface area contributed by atoms with Gasteiger partial charge in [-0.2, -0.15) is 0 Å². The largest absolute Gasteiger partial charge is 0.497 e. The summed E-state index contributed by atoms with van der Waals surface area (Å²) in [7, 11) is 3.43. The lowest BCUT2D eigenvalue weighted by molar-refractivity contribution is -0.685. The average Bonchev–Trinajstić information content (AvgIpc) is 3.70. The van der Waals surface area contributed by atoms with Crippen LogP contribution in [0.1, 0.15) is 25.7 Å². The van der Waals surface area contributed by atoms with Gasteiger partial charge in [0.25, 0.3) is 0 Å². The summed E-state index contributed by atoms with van der Waals surface area (Å²) >= 11 is 0. The van der Waals surface area contributed by atoms with E-state index < -0.39 is 0 Å². The molecule has 8 nitrogen and oxygen atoms in total. The standard InChI is InChI=1S/C40H40N6O2/c1-47-29-9-13-35-31(21-29)39-33-23-45(19-15-27(33)7-11-37(39)43-35)25-41-17-5-3-4-6-18-42-26-46-20-16-28-8-12-38-40(34(28)24-46)32-22-30(48-2)10-14-36(32)44-38/h7-16,19-24,41-42H,3-6,17-18,25-26H2,1-2H3/p+2. The van der Waals surface area contributed by atoms with Gasteiger partial charge in [-0.1, -0.05) is 12.1 Å². The van der Waals surface area contributed by atoms with Crippen molar-refractivity contribution in [3.8, 4) is 11.5 Å². The molecule has 8 heteroatoms. The molecule has 0 radical (unpaired) electrons. The van der Waals surface area contributed by atoms with E-state index in [9.17, 15) is 0 Å². The average molecular weight is 639 g/mol. The second-order valence-electron chi connectivity index (χ2n) is 12.8. The molecule has 0 unspecified atom stereocenters. The van der Waals surface area contributed by atoms with Gasteiger partial charge < -0.3 is 29.2 Å². The van der Waals surface area contributed by atoms with E-state index in [0.717, 1.165) is 70.8 Å². The van der Waals surface area contributed by atoms with Crippen molar-refractivity contribution in [2.24, 2.45) is 0 Å². The molecular weight excluding hydrogens is 596 g/mol. The number of hydrogen-bond acceptors (Lipinski definition) is 4. The minimum absolute atomic E-state index is 0.862.